The van der Waals surface area contributed by atoms with Crippen LogP contribution >= 0.6 is 0 Å². The summed E-state index contributed by atoms with van der Waals surface area (Å²) in [5, 5.41) is 18.9. The Bertz CT molecular complexity index is 493. The second kappa shape index (κ2) is 6.25. The second-order valence-corrected chi connectivity index (χ2v) is 6.25. The number of aliphatic hydroxyl groups excluding tert-OH is 1. The summed E-state index contributed by atoms with van der Waals surface area (Å²) < 4.78 is 5.54. The molecule has 0 spiro atoms. The van der Waals surface area contributed by atoms with E-state index in [4.69, 9.17) is 10.00 Å². The first-order chi connectivity index (χ1) is 9.48. The van der Waals surface area contributed by atoms with Crippen LogP contribution in [-0.4, -0.2) is 42.4 Å². The summed E-state index contributed by atoms with van der Waals surface area (Å²) in [5.74, 6) is 0.629. The van der Waals surface area contributed by atoms with E-state index in [1.165, 1.54) is 6.42 Å². The highest BCUT2D eigenvalue weighted by atomic mass is 16.5. The first kappa shape index (κ1) is 14.8. The van der Waals surface area contributed by atoms with Crippen LogP contribution in [0.3, 0.4) is 0 Å². The zero-order chi connectivity index (χ0) is 14.6. The Hall–Kier alpha value is -1.57. The number of hydrogen-bond acceptors (Lipinski definition) is 4. The molecule has 1 aromatic carbocycles. The van der Waals surface area contributed by atoms with Crippen LogP contribution in [0, 0.1) is 16.7 Å². The Morgan fingerprint density at radius 1 is 1.50 bits per heavy atom. The highest BCUT2D eigenvalue weighted by Crippen LogP contribution is 2.28. The molecule has 0 amide bonds. The van der Waals surface area contributed by atoms with E-state index in [2.05, 4.69) is 24.8 Å². The van der Waals surface area contributed by atoms with Crippen molar-refractivity contribution in [1.82, 2.24) is 4.90 Å². The zero-order valence-corrected chi connectivity index (χ0v) is 12.2. The van der Waals surface area contributed by atoms with Crippen LogP contribution in [0.1, 0.15) is 25.8 Å². The van der Waals surface area contributed by atoms with Gasteiger partial charge < -0.3 is 14.7 Å². The average molecular weight is 274 g/mol. The summed E-state index contributed by atoms with van der Waals surface area (Å²) in [6.07, 6.45) is 0.666. The SMILES string of the molecule is CC1(C)CCN(CC(O)COc2cccc(C#N)c2)C1. The molecule has 0 aliphatic carbocycles. The maximum absolute atomic E-state index is 10.0. The van der Waals surface area contributed by atoms with Gasteiger partial charge in [-0.1, -0.05) is 19.9 Å². The summed E-state index contributed by atoms with van der Waals surface area (Å²) in [4.78, 5) is 2.28. The monoisotopic (exact) mass is 274 g/mol. The molecule has 1 unspecified atom stereocenters. The molecule has 1 atom stereocenters. The predicted molar refractivity (Wildman–Crippen MR) is 77.5 cm³/mol. The van der Waals surface area contributed by atoms with Gasteiger partial charge in [0.2, 0.25) is 0 Å². The van der Waals surface area contributed by atoms with Crippen molar-refractivity contribution in [2.45, 2.75) is 26.4 Å². The van der Waals surface area contributed by atoms with E-state index in [-0.39, 0.29) is 6.61 Å². The van der Waals surface area contributed by atoms with Crippen molar-refractivity contribution >= 4 is 0 Å². The summed E-state index contributed by atoms with van der Waals surface area (Å²) in [7, 11) is 0. The summed E-state index contributed by atoms with van der Waals surface area (Å²) in [5.41, 5.74) is 0.917. The van der Waals surface area contributed by atoms with E-state index in [0.29, 0.717) is 23.3 Å². The molecule has 4 nitrogen and oxygen atoms in total. The molecule has 1 saturated heterocycles. The lowest BCUT2D eigenvalue weighted by molar-refractivity contribution is 0.0730. The molecule has 0 bridgehead atoms. The van der Waals surface area contributed by atoms with Crippen LogP contribution < -0.4 is 4.74 Å². The Balaban J connectivity index is 1.78. The van der Waals surface area contributed by atoms with Gasteiger partial charge in [0.15, 0.2) is 0 Å². The zero-order valence-electron chi connectivity index (χ0n) is 12.2. The van der Waals surface area contributed by atoms with Crippen molar-refractivity contribution in [3.05, 3.63) is 29.8 Å². The smallest absolute Gasteiger partial charge is 0.120 e. The normalized spacial score (nSPS) is 19.5. The first-order valence-electron chi connectivity index (χ1n) is 7.02. The van der Waals surface area contributed by atoms with Crippen molar-refractivity contribution in [3.8, 4) is 11.8 Å². The molecule has 0 radical (unpaired) electrons. The van der Waals surface area contributed by atoms with Gasteiger partial charge >= 0.3 is 0 Å². The Morgan fingerprint density at radius 3 is 2.95 bits per heavy atom. The number of benzene rings is 1. The molecular weight excluding hydrogens is 252 g/mol. The summed E-state index contributed by atoms with van der Waals surface area (Å²) >= 11 is 0. The van der Waals surface area contributed by atoms with Gasteiger partial charge in [-0.2, -0.15) is 5.26 Å². The Labute approximate surface area is 120 Å². The quantitative estimate of drug-likeness (QED) is 0.892. The largest absolute Gasteiger partial charge is 0.491 e. The van der Waals surface area contributed by atoms with Crippen molar-refractivity contribution < 1.29 is 9.84 Å². The lowest BCUT2D eigenvalue weighted by Gasteiger charge is -2.22. The van der Waals surface area contributed by atoms with E-state index in [0.717, 1.165) is 13.1 Å². The molecule has 4 heteroatoms. The third kappa shape index (κ3) is 4.22. The molecule has 20 heavy (non-hydrogen) atoms. The fraction of sp³-hybridized carbons (Fsp3) is 0.562. The molecule has 1 heterocycles. The first-order valence-corrected chi connectivity index (χ1v) is 7.02. The molecular formula is C16H22N2O2. The van der Waals surface area contributed by atoms with Gasteiger partial charge in [-0.3, -0.25) is 0 Å². The lowest BCUT2D eigenvalue weighted by atomic mass is 9.93. The summed E-state index contributed by atoms with van der Waals surface area (Å²) in [6, 6.07) is 9.07. The Kier molecular flexibility index (Phi) is 4.64. The topological polar surface area (TPSA) is 56.5 Å². The number of ether oxygens (including phenoxy) is 1. The number of nitriles is 1. The van der Waals surface area contributed by atoms with Crippen LogP contribution in [0.5, 0.6) is 5.75 Å². The standard InChI is InChI=1S/C16H22N2O2/c1-16(2)6-7-18(12-16)10-14(19)11-20-15-5-3-4-13(8-15)9-17/h3-5,8,14,19H,6-7,10-12H2,1-2H3. The van der Waals surface area contributed by atoms with Crippen LogP contribution in [-0.2, 0) is 0 Å². The van der Waals surface area contributed by atoms with Gasteiger partial charge in [-0.25, -0.2) is 0 Å². The van der Waals surface area contributed by atoms with E-state index in [1.807, 2.05) is 0 Å². The van der Waals surface area contributed by atoms with Crippen molar-refractivity contribution in [1.29, 1.82) is 5.26 Å². The van der Waals surface area contributed by atoms with Crippen molar-refractivity contribution in [2.75, 3.05) is 26.2 Å². The van der Waals surface area contributed by atoms with Gasteiger partial charge in [0.25, 0.3) is 0 Å². The van der Waals surface area contributed by atoms with Crippen LogP contribution in [0.2, 0.25) is 0 Å². The molecule has 108 valence electrons. The third-order valence-electron chi connectivity index (χ3n) is 3.63. The van der Waals surface area contributed by atoms with Crippen LogP contribution in [0.15, 0.2) is 24.3 Å². The van der Waals surface area contributed by atoms with Gasteiger partial charge in [0.1, 0.15) is 18.5 Å². The molecule has 1 fully saturated rings. The lowest BCUT2D eigenvalue weighted by Crippen LogP contribution is -2.35. The van der Waals surface area contributed by atoms with Crippen LogP contribution in [0.25, 0.3) is 0 Å². The van der Waals surface area contributed by atoms with E-state index < -0.39 is 6.10 Å². The maximum Gasteiger partial charge on any atom is 0.120 e. The van der Waals surface area contributed by atoms with Gasteiger partial charge in [0.05, 0.1) is 11.6 Å². The fourth-order valence-corrected chi connectivity index (χ4v) is 2.58. The number of hydrogen-bond donors (Lipinski definition) is 1. The molecule has 0 saturated carbocycles. The summed E-state index contributed by atoms with van der Waals surface area (Å²) in [6.45, 7) is 7.46. The van der Waals surface area contributed by atoms with Crippen molar-refractivity contribution in [2.24, 2.45) is 5.41 Å². The Morgan fingerprint density at radius 2 is 2.30 bits per heavy atom. The third-order valence-corrected chi connectivity index (χ3v) is 3.63. The highest BCUT2D eigenvalue weighted by Gasteiger charge is 2.29. The van der Waals surface area contributed by atoms with Crippen molar-refractivity contribution in [3.63, 3.8) is 0 Å². The van der Waals surface area contributed by atoms with E-state index in [1.54, 1.807) is 24.3 Å². The van der Waals surface area contributed by atoms with E-state index >= 15 is 0 Å². The minimum absolute atomic E-state index is 0.256. The molecule has 1 aliphatic heterocycles. The van der Waals surface area contributed by atoms with Gasteiger partial charge in [0, 0.05) is 13.1 Å². The number of rotatable bonds is 5. The molecule has 1 aliphatic rings. The number of nitrogens with zero attached hydrogens (tertiary/aromatic N) is 2. The van der Waals surface area contributed by atoms with E-state index in [9.17, 15) is 5.11 Å². The minimum Gasteiger partial charge on any atom is -0.491 e. The van der Waals surface area contributed by atoms with Crippen LogP contribution in [0.4, 0.5) is 0 Å². The van der Waals surface area contributed by atoms with Gasteiger partial charge in [-0.05, 0) is 36.6 Å². The molecule has 0 aromatic heterocycles. The maximum atomic E-state index is 10.0. The molecule has 2 rings (SSSR count). The fourth-order valence-electron chi connectivity index (χ4n) is 2.58. The second-order valence-electron chi connectivity index (χ2n) is 6.25. The van der Waals surface area contributed by atoms with Gasteiger partial charge in [-0.15, -0.1) is 0 Å². The average Bonchev–Trinajstić information content (AvgIpc) is 2.76. The number of aliphatic hydroxyl groups is 1. The predicted octanol–water partition coefficient (Wildman–Crippen LogP) is 2.03. The highest BCUT2D eigenvalue weighted by molar-refractivity contribution is 5.36. The minimum atomic E-state index is -0.505. The number of likely N-dealkylation sites (tertiary alicyclic amines) is 1. The molecule has 1 N–H and O–H groups in total. The molecule has 1 aromatic rings. The number of β-amino-alcohol motifs (C(OH)–C–C–N with tert-alkyl or cyclic N) is 1.